The zero-order chi connectivity index (χ0) is 18.4. The Morgan fingerprint density at radius 3 is 2.44 bits per heavy atom. The molecule has 25 heavy (non-hydrogen) atoms. The molecule has 2 aliphatic carbocycles. The van der Waals surface area contributed by atoms with E-state index in [0.29, 0.717) is 0 Å². The number of carbonyl (C=O) groups is 3. The van der Waals surface area contributed by atoms with Gasteiger partial charge < -0.3 is 9.47 Å². The van der Waals surface area contributed by atoms with Crippen LogP contribution in [0.25, 0.3) is 0 Å². The fourth-order valence-corrected chi connectivity index (χ4v) is 4.09. The summed E-state index contributed by atoms with van der Waals surface area (Å²) in [4.78, 5) is 38.6. The fraction of sp³-hybridized carbons (Fsp3) is 0.550. The Hall–Kier alpha value is -2.17. The second-order valence-corrected chi connectivity index (χ2v) is 6.64. The van der Waals surface area contributed by atoms with Crippen molar-refractivity contribution in [1.82, 2.24) is 0 Å². The van der Waals surface area contributed by atoms with Crippen molar-refractivity contribution in [3.8, 4) is 0 Å². The van der Waals surface area contributed by atoms with E-state index in [1.807, 2.05) is 6.08 Å². The topological polar surface area (TPSA) is 69.7 Å². The normalized spacial score (nSPS) is 26.6. The molecule has 3 atom stereocenters. The van der Waals surface area contributed by atoms with Crippen molar-refractivity contribution >= 4 is 17.7 Å². The number of carbonyl (C=O) groups excluding carboxylic acids is 3. The Morgan fingerprint density at radius 1 is 1.20 bits per heavy atom. The maximum absolute atomic E-state index is 13.3. The number of Topliss-reactive ketones (excluding diaryl/α,β-unsaturated/α-hetero) is 1. The third-order valence-corrected chi connectivity index (χ3v) is 5.38. The van der Waals surface area contributed by atoms with Gasteiger partial charge in [0.05, 0.1) is 20.1 Å². The first-order valence-corrected chi connectivity index (χ1v) is 8.70. The van der Waals surface area contributed by atoms with E-state index in [4.69, 9.17) is 9.47 Å². The predicted octanol–water partition coefficient (Wildman–Crippen LogP) is 3.01. The SMILES string of the molecule is C=C/C=C/C(C(=O)OC)(C(=O)OC)[C@H]1C=CC[C@@H]2CCCC[C@@H]2C1=O. The molecule has 0 N–H and O–H groups in total. The number of methoxy groups -OCH3 is 2. The van der Waals surface area contributed by atoms with Gasteiger partial charge in [-0.2, -0.15) is 0 Å². The average molecular weight is 346 g/mol. The van der Waals surface area contributed by atoms with Crippen LogP contribution in [0.5, 0.6) is 0 Å². The fourth-order valence-electron chi connectivity index (χ4n) is 4.09. The Labute approximate surface area is 148 Å². The minimum atomic E-state index is -1.82. The summed E-state index contributed by atoms with van der Waals surface area (Å²) in [6.07, 6.45) is 12.6. The zero-order valence-electron chi connectivity index (χ0n) is 14.9. The molecule has 0 heterocycles. The molecule has 5 nitrogen and oxygen atoms in total. The molecule has 0 spiro atoms. The first-order chi connectivity index (χ1) is 12.0. The van der Waals surface area contributed by atoms with Gasteiger partial charge in [0.2, 0.25) is 0 Å². The molecule has 0 saturated heterocycles. The van der Waals surface area contributed by atoms with Crippen molar-refractivity contribution in [2.24, 2.45) is 23.2 Å². The van der Waals surface area contributed by atoms with Crippen molar-refractivity contribution in [3.05, 3.63) is 37.0 Å². The molecule has 0 aliphatic heterocycles. The molecule has 2 aliphatic rings. The van der Waals surface area contributed by atoms with E-state index in [2.05, 4.69) is 6.58 Å². The van der Waals surface area contributed by atoms with E-state index in [1.165, 1.54) is 32.4 Å². The molecule has 1 saturated carbocycles. The molecule has 0 aromatic heterocycles. The number of ether oxygens (including phenoxy) is 2. The number of fused-ring (bicyclic) bond motifs is 1. The highest BCUT2D eigenvalue weighted by atomic mass is 16.5. The van der Waals surface area contributed by atoms with Gasteiger partial charge in [0, 0.05) is 5.92 Å². The van der Waals surface area contributed by atoms with Gasteiger partial charge in [-0.15, -0.1) is 0 Å². The van der Waals surface area contributed by atoms with E-state index in [9.17, 15) is 14.4 Å². The minimum absolute atomic E-state index is 0.0806. The lowest BCUT2D eigenvalue weighted by Crippen LogP contribution is -2.49. The monoisotopic (exact) mass is 346 g/mol. The number of esters is 2. The van der Waals surface area contributed by atoms with Crippen LogP contribution in [-0.4, -0.2) is 31.9 Å². The van der Waals surface area contributed by atoms with Crippen molar-refractivity contribution < 1.29 is 23.9 Å². The molecule has 5 heteroatoms. The van der Waals surface area contributed by atoms with Crippen LogP contribution in [0.3, 0.4) is 0 Å². The van der Waals surface area contributed by atoms with E-state index in [1.54, 1.807) is 6.08 Å². The molecule has 0 amide bonds. The number of allylic oxidation sites excluding steroid dienone is 4. The average Bonchev–Trinajstić information content (AvgIpc) is 2.81. The van der Waals surface area contributed by atoms with Crippen molar-refractivity contribution in [2.75, 3.05) is 14.2 Å². The molecular weight excluding hydrogens is 320 g/mol. The van der Waals surface area contributed by atoms with Crippen molar-refractivity contribution in [1.29, 1.82) is 0 Å². The summed E-state index contributed by atoms with van der Waals surface area (Å²) < 4.78 is 9.81. The number of ketones is 1. The van der Waals surface area contributed by atoms with Gasteiger partial charge in [-0.25, -0.2) is 0 Å². The number of hydrogen-bond acceptors (Lipinski definition) is 5. The first kappa shape index (κ1) is 19.2. The molecule has 0 bridgehead atoms. The van der Waals surface area contributed by atoms with Crippen LogP contribution >= 0.6 is 0 Å². The van der Waals surface area contributed by atoms with Crippen LogP contribution in [-0.2, 0) is 23.9 Å². The maximum atomic E-state index is 13.3. The lowest BCUT2D eigenvalue weighted by Gasteiger charge is -2.35. The quantitative estimate of drug-likeness (QED) is 0.331. The minimum Gasteiger partial charge on any atom is -0.468 e. The van der Waals surface area contributed by atoms with Gasteiger partial charge in [0.25, 0.3) is 0 Å². The summed E-state index contributed by atoms with van der Waals surface area (Å²) in [6, 6.07) is 0. The molecule has 1 fully saturated rings. The maximum Gasteiger partial charge on any atom is 0.328 e. The second kappa shape index (κ2) is 8.28. The summed E-state index contributed by atoms with van der Waals surface area (Å²) in [7, 11) is 2.41. The largest absolute Gasteiger partial charge is 0.468 e. The predicted molar refractivity (Wildman–Crippen MR) is 93.5 cm³/mol. The van der Waals surface area contributed by atoms with Crippen LogP contribution in [0, 0.1) is 23.2 Å². The summed E-state index contributed by atoms with van der Waals surface area (Å²) in [6.45, 7) is 3.59. The van der Waals surface area contributed by atoms with E-state index < -0.39 is 23.3 Å². The highest BCUT2D eigenvalue weighted by molar-refractivity contribution is 6.08. The number of rotatable bonds is 5. The Balaban J connectivity index is 2.56. The third-order valence-electron chi connectivity index (χ3n) is 5.38. The van der Waals surface area contributed by atoms with Gasteiger partial charge in [0.15, 0.2) is 5.41 Å². The smallest absolute Gasteiger partial charge is 0.328 e. The van der Waals surface area contributed by atoms with E-state index in [-0.39, 0.29) is 17.6 Å². The lowest BCUT2D eigenvalue weighted by atomic mass is 9.67. The molecule has 0 radical (unpaired) electrons. The summed E-state index contributed by atoms with van der Waals surface area (Å²) in [5.74, 6) is -2.47. The second-order valence-electron chi connectivity index (χ2n) is 6.64. The van der Waals surface area contributed by atoms with Crippen molar-refractivity contribution in [2.45, 2.75) is 32.1 Å². The Bertz CT molecular complexity index is 585. The molecule has 2 rings (SSSR count). The summed E-state index contributed by atoms with van der Waals surface area (Å²) in [5.41, 5.74) is -1.82. The highest BCUT2D eigenvalue weighted by Crippen LogP contribution is 2.43. The van der Waals surface area contributed by atoms with Crippen molar-refractivity contribution in [3.63, 3.8) is 0 Å². The van der Waals surface area contributed by atoms with Gasteiger partial charge in [-0.05, 0) is 25.2 Å². The Kier molecular flexibility index (Phi) is 6.34. The first-order valence-electron chi connectivity index (χ1n) is 8.70. The zero-order valence-corrected chi connectivity index (χ0v) is 14.9. The van der Waals surface area contributed by atoms with Gasteiger partial charge in [-0.1, -0.05) is 49.8 Å². The summed E-state index contributed by atoms with van der Waals surface area (Å²) in [5, 5.41) is 0. The van der Waals surface area contributed by atoms with E-state index in [0.717, 1.165) is 32.1 Å². The third kappa shape index (κ3) is 3.46. The van der Waals surface area contributed by atoms with Crippen LogP contribution < -0.4 is 0 Å². The Morgan fingerprint density at radius 2 is 1.84 bits per heavy atom. The van der Waals surface area contributed by atoms with Crippen LogP contribution in [0.4, 0.5) is 0 Å². The molecule has 136 valence electrons. The van der Waals surface area contributed by atoms with Crippen LogP contribution in [0.1, 0.15) is 32.1 Å². The standard InChI is InChI=1S/C20H26O5/c1-4-5-13-20(18(22)24-2,19(23)25-3)16-12-8-10-14-9-6-7-11-15(14)17(16)21/h4-5,8,12-16H,1,6-7,9-11H2,2-3H3/b13-5+/t14-,15-,16-/m0/s1. The molecule has 0 aromatic carbocycles. The van der Waals surface area contributed by atoms with Crippen LogP contribution in [0.2, 0.25) is 0 Å². The van der Waals surface area contributed by atoms with Gasteiger partial charge in [-0.3, -0.25) is 14.4 Å². The van der Waals surface area contributed by atoms with Crippen LogP contribution in [0.15, 0.2) is 37.0 Å². The molecular formula is C20H26O5. The highest BCUT2D eigenvalue weighted by Gasteiger charge is 2.56. The molecule has 0 unspecified atom stereocenters. The molecule has 0 aromatic rings. The van der Waals surface area contributed by atoms with E-state index >= 15 is 0 Å². The number of hydrogen-bond donors (Lipinski definition) is 0. The lowest BCUT2D eigenvalue weighted by molar-refractivity contribution is -0.170. The van der Waals surface area contributed by atoms with Gasteiger partial charge >= 0.3 is 11.9 Å². The summed E-state index contributed by atoms with van der Waals surface area (Å²) >= 11 is 0. The van der Waals surface area contributed by atoms with Gasteiger partial charge in [0.1, 0.15) is 5.78 Å².